The molecule has 8 aromatic carbocycles. The Labute approximate surface area is 294 Å². The average molecular weight is 652 g/mol. The third-order valence-electron chi connectivity index (χ3n) is 9.73. The summed E-state index contributed by atoms with van der Waals surface area (Å²) in [5.74, 6) is 1.85. The van der Waals surface area contributed by atoms with Gasteiger partial charge in [0.05, 0.1) is 0 Å². The second kappa shape index (κ2) is 11.9. The van der Waals surface area contributed by atoms with Gasteiger partial charge in [-0.1, -0.05) is 152 Å². The van der Waals surface area contributed by atoms with Crippen molar-refractivity contribution in [2.24, 2.45) is 0 Å². The fourth-order valence-corrected chi connectivity index (χ4v) is 7.20. The van der Waals surface area contributed by atoms with Gasteiger partial charge in [0.1, 0.15) is 11.2 Å². The number of hydrogen-bond donors (Lipinski definition) is 0. The Kier molecular flexibility index (Phi) is 6.78. The highest BCUT2D eigenvalue weighted by atomic mass is 16.3. The molecule has 2 aromatic heterocycles. The number of furan rings is 1. The normalized spacial score (nSPS) is 11.5. The van der Waals surface area contributed by atoms with Gasteiger partial charge < -0.3 is 4.42 Å². The zero-order chi connectivity index (χ0) is 33.7. The summed E-state index contributed by atoms with van der Waals surface area (Å²) >= 11 is 0. The molecule has 0 unspecified atom stereocenters. The molecule has 0 aliphatic heterocycles. The molecular weight excluding hydrogens is 623 g/mol. The monoisotopic (exact) mass is 651 g/mol. The van der Waals surface area contributed by atoms with Crippen LogP contribution in [-0.2, 0) is 0 Å². The smallest absolute Gasteiger partial charge is 0.164 e. The van der Waals surface area contributed by atoms with E-state index in [1.807, 2.05) is 60.7 Å². The molecule has 4 nitrogen and oxygen atoms in total. The molecule has 0 spiro atoms. The number of rotatable bonds is 5. The molecule has 4 heteroatoms. The number of nitrogens with zero attached hydrogens (tertiary/aromatic N) is 3. The van der Waals surface area contributed by atoms with Crippen LogP contribution in [0.3, 0.4) is 0 Å². The lowest BCUT2D eigenvalue weighted by molar-refractivity contribution is 0.670. The van der Waals surface area contributed by atoms with Gasteiger partial charge in [0.15, 0.2) is 17.5 Å². The van der Waals surface area contributed by atoms with E-state index in [9.17, 15) is 0 Å². The summed E-state index contributed by atoms with van der Waals surface area (Å²) in [7, 11) is 0. The standard InChI is InChI=1S/C47H29N3O/c1-3-13-34(14-4-1)45-48-46(35-15-5-2-6-16-35)50-47(49-45)40-27-26-39(44-43(40)42-38-18-10-9-12-32(38)25-28-41(42)51-44)33-22-19-31(20-23-33)37-24-21-30-11-7-8-17-36(30)29-37/h1-29H. The van der Waals surface area contributed by atoms with Crippen molar-refractivity contribution in [2.45, 2.75) is 0 Å². The van der Waals surface area contributed by atoms with Crippen molar-refractivity contribution >= 4 is 43.5 Å². The van der Waals surface area contributed by atoms with Gasteiger partial charge in [0.2, 0.25) is 0 Å². The molecule has 0 aliphatic rings. The maximum absolute atomic E-state index is 6.83. The number of fused-ring (bicyclic) bond motifs is 6. The van der Waals surface area contributed by atoms with E-state index in [0.717, 1.165) is 60.5 Å². The van der Waals surface area contributed by atoms with Crippen LogP contribution < -0.4 is 0 Å². The van der Waals surface area contributed by atoms with Crippen LogP contribution in [0.15, 0.2) is 180 Å². The fraction of sp³-hybridized carbons (Fsp3) is 0. The van der Waals surface area contributed by atoms with Crippen LogP contribution in [0.5, 0.6) is 0 Å². The Morgan fingerprint density at radius 2 is 0.882 bits per heavy atom. The molecule has 51 heavy (non-hydrogen) atoms. The zero-order valence-corrected chi connectivity index (χ0v) is 27.5. The number of aromatic nitrogens is 3. The van der Waals surface area contributed by atoms with Gasteiger partial charge in [0.25, 0.3) is 0 Å². The molecule has 0 bridgehead atoms. The van der Waals surface area contributed by atoms with Crippen LogP contribution in [0.2, 0.25) is 0 Å². The first-order valence-corrected chi connectivity index (χ1v) is 17.1. The summed E-state index contributed by atoms with van der Waals surface area (Å²) in [6.45, 7) is 0. The van der Waals surface area contributed by atoms with E-state index in [-0.39, 0.29) is 0 Å². The number of hydrogen-bond acceptors (Lipinski definition) is 4. The molecule has 0 atom stereocenters. The molecule has 0 amide bonds. The summed E-state index contributed by atoms with van der Waals surface area (Å²) in [5.41, 5.74) is 8.83. The third kappa shape index (κ3) is 5.04. The Balaban J connectivity index is 1.20. The molecular formula is C47H29N3O. The van der Waals surface area contributed by atoms with E-state index >= 15 is 0 Å². The molecule has 0 saturated heterocycles. The Morgan fingerprint density at radius 3 is 1.61 bits per heavy atom. The van der Waals surface area contributed by atoms with Crippen LogP contribution in [0, 0.1) is 0 Å². The average Bonchev–Trinajstić information content (AvgIpc) is 3.61. The molecule has 0 N–H and O–H groups in total. The van der Waals surface area contributed by atoms with Crippen molar-refractivity contribution in [1.82, 2.24) is 15.0 Å². The highest BCUT2D eigenvalue weighted by molar-refractivity contribution is 6.24. The molecule has 0 radical (unpaired) electrons. The van der Waals surface area contributed by atoms with Gasteiger partial charge in [-0.3, -0.25) is 0 Å². The largest absolute Gasteiger partial charge is 0.455 e. The van der Waals surface area contributed by atoms with E-state index in [1.165, 1.54) is 21.9 Å². The van der Waals surface area contributed by atoms with Gasteiger partial charge in [-0.15, -0.1) is 0 Å². The minimum atomic E-state index is 0.599. The molecule has 2 heterocycles. The van der Waals surface area contributed by atoms with Crippen LogP contribution in [-0.4, -0.2) is 15.0 Å². The van der Waals surface area contributed by atoms with Crippen molar-refractivity contribution in [3.63, 3.8) is 0 Å². The van der Waals surface area contributed by atoms with E-state index in [2.05, 4.69) is 115 Å². The van der Waals surface area contributed by atoms with E-state index in [4.69, 9.17) is 19.4 Å². The highest BCUT2D eigenvalue weighted by Gasteiger charge is 2.22. The van der Waals surface area contributed by atoms with Crippen molar-refractivity contribution in [3.8, 4) is 56.4 Å². The Bertz CT molecular complexity index is 2840. The SMILES string of the molecule is c1ccc(-c2nc(-c3ccccc3)nc(-c3ccc(-c4ccc(-c5ccc6ccccc6c5)cc4)c4oc5ccc6ccccc6c5c34)n2)cc1. The van der Waals surface area contributed by atoms with Crippen LogP contribution in [0.1, 0.15) is 0 Å². The number of benzene rings is 8. The molecule has 238 valence electrons. The molecule has 0 fully saturated rings. The van der Waals surface area contributed by atoms with Crippen molar-refractivity contribution in [1.29, 1.82) is 0 Å². The summed E-state index contributed by atoms with van der Waals surface area (Å²) in [4.78, 5) is 15.2. The Hall–Kier alpha value is -6.91. The first-order valence-electron chi connectivity index (χ1n) is 17.1. The van der Waals surface area contributed by atoms with Crippen molar-refractivity contribution < 1.29 is 4.42 Å². The maximum atomic E-state index is 6.83. The molecule has 0 saturated carbocycles. The topological polar surface area (TPSA) is 51.8 Å². The van der Waals surface area contributed by atoms with Gasteiger partial charge in [-0.05, 0) is 62.5 Å². The summed E-state index contributed by atoms with van der Waals surface area (Å²) < 4.78 is 6.83. The van der Waals surface area contributed by atoms with E-state index < -0.39 is 0 Å². The molecule has 10 aromatic rings. The first-order chi connectivity index (χ1) is 25.3. The summed E-state index contributed by atoms with van der Waals surface area (Å²) in [6.07, 6.45) is 0. The lowest BCUT2D eigenvalue weighted by Gasteiger charge is -2.11. The second-order valence-electron chi connectivity index (χ2n) is 12.8. The third-order valence-corrected chi connectivity index (χ3v) is 9.73. The maximum Gasteiger partial charge on any atom is 0.164 e. The van der Waals surface area contributed by atoms with Crippen LogP contribution in [0.4, 0.5) is 0 Å². The molecule has 10 rings (SSSR count). The van der Waals surface area contributed by atoms with Gasteiger partial charge in [0, 0.05) is 33.0 Å². The second-order valence-corrected chi connectivity index (χ2v) is 12.8. The lowest BCUT2D eigenvalue weighted by atomic mass is 9.94. The minimum absolute atomic E-state index is 0.599. The van der Waals surface area contributed by atoms with E-state index in [1.54, 1.807) is 0 Å². The first kappa shape index (κ1) is 29.0. The lowest BCUT2D eigenvalue weighted by Crippen LogP contribution is -2.00. The molecule has 0 aliphatic carbocycles. The predicted octanol–water partition coefficient (Wildman–Crippen LogP) is 12.4. The van der Waals surface area contributed by atoms with Crippen LogP contribution >= 0.6 is 0 Å². The minimum Gasteiger partial charge on any atom is -0.455 e. The fourth-order valence-electron chi connectivity index (χ4n) is 7.20. The zero-order valence-electron chi connectivity index (χ0n) is 27.5. The predicted molar refractivity (Wildman–Crippen MR) is 209 cm³/mol. The van der Waals surface area contributed by atoms with Crippen LogP contribution in [0.25, 0.3) is 99.9 Å². The summed E-state index contributed by atoms with van der Waals surface area (Å²) in [5, 5.41) is 6.78. The van der Waals surface area contributed by atoms with Gasteiger partial charge in [-0.2, -0.15) is 0 Å². The van der Waals surface area contributed by atoms with Gasteiger partial charge in [-0.25, -0.2) is 15.0 Å². The summed E-state index contributed by atoms with van der Waals surface area (Å²) in [6, 6.07) is 61.0. The van der Waals surface area contributed by atoms with Gasteiger partial charge >= 0.3 is 0 Å². The van der Waals surface area contributed by atoms with Crippen molar-refractivity contribution in [2.75, 3.05) is 0 Å². The van der Waals surface area contributed by atoms with E-state index in [0.29, 0.717) is 17.5 Å². The Morgan fingerprint density at radius 1 is 0.333 bits per heavy atom. The highest BCUT2D eigenvalue weighted by Crippen LogP contribution is 2.44. The van der Waals surface area contributed by atoms with Crippen molar-refractivity contribution in [3.05, 3.63) is 176 Å². The quantitative estimate of drug-likeness (QED) is 0.186.